The second kappa shape index (κ2) is 5.80. The van der Waals surface area contributed by atoms with Gasteiger partial charge in [0.15, 0.2) is 5.82 Å². The molecule has 1 aromatic rings. The first-order valence-electron chi connectivity index (χ1n) is 6.42. The summed E-state index contributed by atoms with van der Waals surface area (Å²) in [6.45, 7) is 5.79. The Morgan fingerprint density at radius 2 is 2.33 bits per heavy atom. The maximum absolute atomic E-state index is 11.7. The van der Waals surface area contributed by atoms with Gasteiger partial charge in [-0.05, 0) is 38.8 Å². The van der Waals surface area contributed by atoms with E-state index in [4.69, 9.17) is 4.74 Å². The van der Waals surface area contributed by atoms with Crippen LogP contribution in [0, 0.1) is 12.8 Å². The van der Waals surface area contributed by atoms with Crippen LogP contribution in [-0.2, 0) is 9.53 Å². The minimum Gasteiger partial charge on any atom is -0.466 e. The molecule has 1 aliphatic rings. The van der Waals surface area contributed by atoms with Gasteiger partial charge in [0.2, 0.25) is 0 Å². The number of hydrogen-bond acceptors (Lipinski definition) is 5. The van der Waals surface area contributed by atoms with Crippen LogP contribution < -0.4 is 4.90 Å². The molecule has 1 aromatic heterocycles. The largest absolute Gasteiger partial charge is 0.466 e. The molecule has 0 aliphatic carbocycles. The van der Waals surface area contributed by atoms with Crippen LogP contribution in [0.25, 0.3) is 0 Å². The zero-order valence-electron chi connectivity index (χ0n) is 10.9. The summed E-state index contributed by atoms with van der Waals surface area (Å²) >= 11 is 0. The molecule has 5 heteroatoms. The first kappa shape index (κ1) is 12.8. The van der Waals surface area contributed by atoms with E-state index >= 15 is 0 Å². The van der Waals surface area contributed by atoms with Crippen molar-refractivity contribution >= 4 is 11.8 Å². The van der Waals surface area contributed by atoms with E-state index in [0.29, 0.717) is 13.2 Å². The average Bonchev–Trinajstić information content (AvgIpc) is 2.40. The zero-order chi connectivity index (χ0) is 13.0. The number of ether oxygens (including phenoxy) is 1. The highest BCUT2D eigenvalue weighted by atomic mass is 16.5. The molecular formula is C13H19N3O2. The molecule has 98 valence electrons. The molecule has 18 heavy (non-hydrogen) atoms. The van der Waals surface area contributed by atoms with Gasteiger partial charge in [0.25, 0.3) is 0 Å². The highest BCUT2D eigenvalue weighted by Crippen LogP contribution is 2.22. The third-order valence-electron chi connectivity index (χ3n) is 3.15. The molecule has 0 N–H and O–H groups in total. The van der Waals surface area contributed by atoms with E-state index in [0.717, 1.165) is 30.9 Å². The molecule has 1 aliphatic heterocycles. The molecule has 0 bridgehead atoms. The van der Waals surface area contributed by atoms with Gasteiger partial charge in [-0.25, -0.2) is 0 Å². The van der Waals surface area contributed by atoms with Crippen molar-refractivity contribution in [1.82, 2.24) is 10.2 Å². The van der Waals surface area contributed by atoms with Crippen LogP contribution in [0.2, 0.25) is 0 Å². The van der Waals surface area contributed by atoms with Crippen molar-refractivity contribution in [3.05, 3.63) is 17.8 Å². The number of aromatic nitrogens is 2. The molecular weight excluding hydrogens is 230 g/mol. The first-order chi connectivity index (χ1) is 8.70. The molecule has 0 spiro atoms. The van der Waals surface area contributed by atoms with Crippen LogP contribution in [0.4, 0.5) is 5.82 Å². The van der Waals surface area contributed by atoms with Crippen LogP contribution in [-0.4, -0.2) is 35.9 Å². The molecule has 1 saturated heterocycles. The smallest absolute Gasteiger partial charge is 0.310 e. The molecule has 0 radical (unpaired) electrons. The van der Waals surface area contributed by atoms with E-state index < -0.39 is 0 Å². The van der Waals surface area contributed by atoms with Crippen LogP contribution in [0.15, 0.2) is 12.1 Å². The minimum atomic E-state index is -0.0951. The summed E-state index contributed by atoms with van der Waals surface area (Å²) in [5.41, 5.74) is 0.901. The summed E-state index contributed by atoms with van der Waals surface area (Å²) in [5.74, 6) is 0.707. The standard InChI is InChI=1S/C13H19N3O2/c1-3-18-13(17)11-5-4-8-16(9-11)12-7-6-10(2)14-15-12/h6-7,11H,3-5,8-9H2,1-2H3/t11-/m1/s1. The normalized spacial score (nSPS) is 19.7. The van der Waals surface area contributed by atoms with Crippen LogP contribution in [0.5, 0.6) is 0 Å². The maximum atomic E-state index is 11.7. The number of nitrogens with zero attached hydrogens (tertiary/aromatic N) is 3. The zero-order valence-corrected chi connectivity index (χ0v) is 10.9. The number of carbonyl (C=O) groups excluding carboxylic acids is 1. The van der Waals surface area contributed by atoms with Gasteiger partial charge >= 0.3 is 5.97 Å². The third kappa shape index (κ3) is 2.97. The predicted molar refractivity (Wildman–Crippen MR) is 68.3 cm³/mol. The van der Waals surface area contributed by atoms with Crippen molar-refractivity contribution in [2.24, 2.45) is 5.92 Å². The molecule has 0 aromatic carbocycles. The summed E-state index contributed by atoms with van der Waals surface area (Å²) in [6, 6.07) is 3.90. The lowest BCUT2D eigenvalue weighted by Crippen LogP contribution is -2.39. The Morgan fingerprint density at radius 1 is 1.50 bits per heavy atom. The molecule has 0 amide bonds. The van der Waals surface area contributed by atoms with Crippen LogP contribution in [0.3, 0.4) is 0 Å². The number of anilines is 1. The van der Waals surface area contributed by atoms with E-state index in [9.17, 15) is 4.79 Å². The summed E-state index contributed by atoms with van der Waals surface area (Å²) in [6.07, 6.45) is 1.88. The van der Waals surface area contributed by atoms with E-state index in [1.807, 2.05) is 26.0 Å². The summed E-state index contributed by atoms with van der Waals surface area (Å²) in [5, 5.41) is 8.22. The van der Waals surface area contributed by atoms with Gasteiger partial charge < -0.3 is 9.64 Å². The maximum Gasteiger partial charge on any atom is 0.310 e. The second-order valence-corrected chi connectivity index (χ2v) is 4.57. The summed E-state index contributed by atoms with van der Waals surface area (Å²) in [4.78, 5) is 13.9. The Balaban J connectivity index is 2.02. The lowest BCUT2D eigenvalue weighted by Gasteiger charge is -2.31. The quantitative estimate of drug-likeness (QED) is 0.761. The fraction of sp³-hybridized carbons (Fsp3) is 0.615. The molecule has 0 saturated carbocycles. The third-order valence-corrected chi connectivity index (χ3v) is 3.15. The van der Waals surface area contributed by atoms with Crippen molar-refractivity contribution < 1.29 is 9.53 Å². The fourth-order valence-electron chi connectivity index (χ4n) is 2.20. The van der Waals surface area contributed by atoms with Gasteiger partial charge in [-0.15, -0.1) is 5.10 Å². The number of hydrogen-bond donors (Lipinski definition) is 0. The number of esters is 1. The topological polar surface area (TPSA) is 55.3 Å². The van der Waals surface area contributed by atoms with Gasteiger partial charge in [0.05, 0.1) is 18.2 Å². The molecule has 2 heterocycles. The van der Waals surface area contributed by atoms with Crippen molar-refractivity contribution in [3.63, 3.8) is 0 Å². The highest BCUT2D eigenvalue weighted by Gasteiger charge is 2.27. The van der Waals surface area contributed by atoms with Gasteiger partial charge in [0.1, 0.15) is 0 Å². The van der Waals surface area contributed by atoms with E-state index in [1.165, 1.54) is 0 Å². The number of carbonyl (C=O) groups is 1. The van der Waals surface area contributed by atoms with Crippen LogP contribution in [0.1, 0.15) is 25.5 Å². The predicted octanol–water partition coefficient (Wildman–Crippen LogP) is 1.56. The van der Waals surface area contributed by atoms with E-state index in [-0.39, 0.29) is 11.9 Å². The lowest BCUT2D eigenvalue weighted by molar-refractivity contribution is -0.148. The van der Waals surface area contributed by atoms with Crippen molar-refractivity contribution in [1.29, 1.82) is 0 Å². The molecule has 5 nitrogen and oxygen atoms in total. The lowest BCUT2D eigenvalue weighted by atomic mass is 9.98. The van der Waals surface area contributed by atoms with Gasteiger partial charge in [-0.1, -0.05) is 0 Å². The number of aryl methyl sites for hydroxylation is 1. The Labute approximate surface area is 107 Å². The minimum absolute atomic E-state index is 0.0400. The molecule has 2 rings (SSSR count). The van der Waals surface area contributed by atoms with Crippen molar-refractivity contribution in [2.45, 2.75) is 26.7 Å². The Kier molecular flexibility index (Phi) is 4.12. The Hall–Kier alpha value is -1.65. The fourth-order valence-corrected chi connectivity index (χ4v) is 2.20. The Bertz CT molecular complexity index is 405. The van der Waals surface area contributed by atoms with E-state index in [1.54, 1.807) is 0 Å². The number of rotatable bonds is 3. The Morgan fingerprint density at radius 3 is 3.00 bits per heavy atom. The summed E-state index contributed by atoms with van der Waals surface area (Å²) in [7, 11) is 0. The van der Waals surface area contributed by atoms with Gasteiger partial charge in [0, 0.05) is 13.1 Å². The number of piperidine rings is 1. The summed E-state index contributed by atoms with van der Waals surface area (Å²) < 4.78 is 5.08. The average molecular weight is 249 g/mol. The van der Waals surface area contributed by atoms with Crippen molar-refractivity contribution in [2.75, 3.05) is 24.6 Å². The monoisotopic (exact) mass is 249 g/mol. The van der Waals surface area contributed by atoms with Crippen molar-refractivity contribution in [3.8, 4) is 0 Å². The SMILES string of the molecule is CCOC(=O)[C@@H]1CCCN(c2ccc(C)nn2)C1. The molecule has 1 fully saturated rings. The molecule has 0 unspecified atom stereocenters. The van der Waals surface area contributed by atoms with Gasteiger partial charge in [-0.3, -0.25) is 4.79 Å². The second-order valence-electron chi connectivity index (χ2n) is 4.57. The molecule has 1 atom stereocenters. The highest BCUT2D eigenvalue weighted by molar-refractivity contribution is 5.73. The van der Waals surface area contributed by atoms with Crippen LogP contribution >= 0.6 is 0 Å². The first-order valence-corrected chi connectivity index (χ1v) is 6.42. The van der Waals surface area contributed by atoms with Gasteiger partial charge in [-0.2, -0.15) is 5.10 Å². The van der Waals surface area contributed by atoms with E-state index in [2.05, 4.69) is 15.1 Å².